The van der Waals surface area contributed by atoms with Crippen LogP contribution in [0.2, 0.25) is 5.02 Å². The van der Waals surface area contributed by atoms with Gasteiger partial charge in [0.05, 0.1) is 15.9 Å². The third-order valence-corrected chi connectivity index (χ3v) is 6.94. The van der Waals surface area contributed by atoms with Crippen LogP contribution >= 0.6 is 22.9 Å². The van der Waals surface area contributed by atoms with E-state index in [0.717, 1.165) is 70.0 Å². The fraction of sp³-hybridized carbons (Fsp3) is 0.273. The van der Waals surface area contributed by atoms with Crippen molar-refractivity contribution >= 4 is 33.2 Å². The summed E-state index contributed by atoms with van der Waals surface area (Å²) in [6, 6.07) is 8.06. The number of thiophene rings is 1. The van der Waals surface area contributed by atoms with Gasteiger partial charge in [0.15, 0.2) is 11.9 Å². The fourth-order valence-corrected chi connectivity index (χ4v) is 5.50. The molecule has 0 bridgehead atoms. The van der Waals surface area contributed by atoms with Crippen molar-refractivity contribution in [1.82, 2.24) is 15.0 Å². The second-order valence-electron chi connectivity index (χ2n) is 7.71. The minimum absolute atomic E-state index is 0.175. The molecule has 1 unspecified atom stereocenters. The van der Waals surface area contributed by atoms with Gasteiger partial charge in [-0.2, -0.15) is 0 Å². The molecular formula is C22H18ClN3O2S. The number of nitrogens with zero attached hydrogens (tertiary/aromatic N) is 3. The summed E-state index contributed by atoms with van der Waals surface area (Å²) in [5.74, 6) is 1.73. The van der Waals surface area contributed by atoms with Gasteiger partial charge < -0.3 is 14.2 Å². The van der Waals surface area contributed by atoms with E-state index in [-0.39, 0.29) is 6.10 Å². The van der Waals surface area contributed by atoms with Crippen molar-refractivity contribution in [3.63, 3.8) is 0 Å². The van der Waals surface area contributed by atoms with Crippen LogP contribution in [0.1, 0.15) is 28.7 Å². The van der Waals surface area contributed by atoms with Crippen LogP contribution in [0.4, 0.5) is 0 Å². The van der Waals surface area contributed by atoms with Gasteiger partial charge in [0.25, 0.3) is 0 Å². The zero-order chi connectivity index (χ0) is 19.5. The highest BCUT2D eigenvalue weighted by Crippen LogP contribution is 2.47. The van der Waals surface area contributed by atoms with E-state index in [4.69, 9.17) is 20.9 Å². The number of pyridine rings is 1. The Hall–Kier alpha value is -2.41. The molecule has 2 aliphatic rings. The number of ether oxygens (including phenoxy) is 1. The average Bonchev–Trinajstić information content (AvgIpc) is 3.43. The Bertz CT molecular complexity index is 1250. The van der Waals surface area contributed by atoms with Crippen LogP contribution in [-0.2, 0) is 19.4 Å². The number of hydrogen-bond donors (Lipinski definition) is 0. The van der Waals surface area contributed by atoms with Crippen molar-refractivity contribution in [1.29, 1.82) is 0 Å². The van der Waals surface area contributed by atoms with Crippen LogP contribution in [-0.4, -0.2) is 28.6 Å². The van der Waals surface area contributed by atoms with Gasteiger partial charge in [0, 0.05) is 59.4 Å². The van der Waals surface area contributed by atoms with Gasteiger partial charge in [-0.25, -0.2) is 0 Å². The molecule has 1 aromatic carbocycles. The number of aromatic nitrogens is 2. The van der Waals surface area contributed by atoms with Crippen LogP contribution < -0.4 is 4.74 Å². The molecule has 0 N–H and O–H groups in total. The summed E-state index contributed by atoms with van der Waals surface area (Å²) in [5, 5.41) is 7.09. The summed E-state index contributed by atoms with van der Waals surface area (Å²) in [6.07, 6.45) is 3.31. The molecule has 29 heavy (non-hydrogen) atoms. The first-order valence-corrected chi connectivity index (χ1v) is 10.9. The lowest BCUT2D eigenvalue weighted by atomic mass is 9.99. The van der Waals surface area contributed by atoms with E-state index in [1.165, 1.54) is 5.56 Å². The van der Waals surface area contributed by atoms with Gasteiger partial charge in [-0.15, -0.1) is 11.3 Å². The van der Waals surface area contributed by atoms with Crippen LogP contribution in [0.25, 0.3) is 21.3 Å². The van der Waals surface area contributed by atoms with Crippen molar-refractivity contribution < 1.29 is 9.26 Å². The molecule has 6 rings (SSSR count). The zero-order valence-corrected chi connectivity index (χ0v) is 17.4. The molecule has 5 nitrogen and oxygen atoms in total. The van der Waals surface area contributed by atoms with Gasteiger partial charge >= 0.3 is 0 Å². The maximum absolute atomic E-state index is 6.50. The Kier molecular flexibility index (Phi) is 3.94. The first kappa shape index (κ1) is 17.4. The number of likely N-dealkylation sites (N-methyl/N-ethyl adjacent to an activating group) is 1. The van der Waals surface area contributed by atoms with Crippen LogP contribution in [0.3, 0.4) is 0 Å². The monoisotopic (exact) mass is 423 g/mol. The van der Waals surface area contributed by atoms with Crippen molar-refractivity contribution in [2.45, 2.75) is 25.5 Å². The van der Waals surface area contributed by atoms with E-state index in [1.807, 2.05) is 30.5 Å². The lowest BCUT2D eigenvalue weighted by Crippen LogP contribution is -2.27. The highest BCUT2D eigenvalue weighted by molar-refractivity contribution is 7.17. The molecule has 0 saturated carbocycles. The van der Waals surface area contributed by atoms with E-state index in [1.54, 1.807) is 11.3 Å². The smallest absolute Gasteiger partial charge is 0.182 e. The van der Waals surface area contributed by atoms with Gasteiger partial charge in [0.1, 0.15) is 5.75 Å². The quantitative estimate of drug-likeness (QED) is 0.439. The Morgan fingerprint density at radius 1 is 1.24 bits per heavy atom. The maximum Gasteiger partial charge on any atom is 0.182 e. The molecule has 1 atom stereocenters. The van der Waals surface area contributed by atoms with Crippen molar-refractivity contribution in [2.24, 2.45) is 0 Å². The van der Waals surface area contributed by atoms with Crippen LogP contribution in [0.15, 0.2) is 40.4 Å². The molecule has 0 amide bonds. The van der Waals surface area contributed by atoms with E-state index in [2.05, 4.69) is 27.5 Å². The molecule has 0 aliphatic carbocycles. The molecule has 146 valence electrons. The summed E-state index contributed by atoms with van der Waals surface area (Å²) < 4.78 is 13.4. The largest absolute Gasteiger partial charge is 0.481 e. The summed E-state index contributed by atoms with van der Waals surface area (Å²) in [5.41, 5.74) is 6.44. The lowest BCUT2D eigenvalue weighted by molar-refractivity contribution is 0.187. The van der Waals surface area contributed by atoms with Crippen LogP contribution in [0, 0.1) is 0 Å². The van der Waals surface area contributed by atoms with E-state index in [0.29, 0.717) is 5.02 Å². The maximum atomic E-state index is 6.50. The van der Waals surface area contributed by atoms with Crippen molar-refractivity contribution in [2.75, 3.05) is 13.6 Å². The molecule has 0 saturated heterocycles. The first-order valence-electron chi connectivity index (χ1n) is 9.65. The fourth-order valence-electron chi connectivity index (χ4n) is 4.38. The molecule has 3 aromatic heterocycles. The van der Waals surface area contributed by atoms with E-state index >= 15 is 0 Å². The lowest BCUT2D eigenvalue weighted by Gasteiger charge is -2.22. The highest BCUT2D eigenvalue weighted by Gasteiger charge is 2.35. The standard InChI is InChI=1S/C22H18ClN3O2S/c1-26-6-3-17-16(11-26)21(28-25-17)19-9-12-8-13(23)10-15(20(12)27-19)14-2-5-24-18-4-7-29-22(14)18/h2,4-5,7-8,10,19H,3,6,9,11H2,1H3. The third-order valence-electron chi connectivity index (χ3n) is 5.78. The van der Waals surface area contributed by atoms with Crippen molar-refractivity contribution in [3.8, 4) is 16.9 Å². The molecule has 0 fully saturated rings. The van der Waals surface area contributed by atoms with Gasteiger partial charge in [-0.3, -0.25) is 4.98 Å². The van der Waals surface area contributed by atoms with E-state index < -0.39 is 0 Å². The number of halogens is 1. The summed E-state index contributed by atoms with van der Waals surface area (Å²) in [4.78, 5) is 6.75. The Balaban J connectivity index is 1.44. The van der Waals surface area contributed by atoms with Gasteiger partial charge in [-0.05, 0) is 36.7 Å². The summed E-state index contributed by atoms with van der Waals surface area (Å²) in [6.45, 7) is 1.85. The Labute approximate surface area is 176 Å². The summed E-state index contributed by atoms with van der Waals surface area (Å²) >= 11 is 8.18. The first-order chi connectivity index (χ1) is 14.2. The number of hydrogen-bond acceptors (Lipinski definition) is 6. The molecule has 0 radical (unpaired) electrons. The van der Waals surface area contributed by atoms with E-state index in [9.17, 15) is 0 Å². The minimum Gasteiger partial charge on any atom is -0.481 e. The second kappa shape index (κ2) is 6.55. The van der Waals surface area contributed by atoms with Gasteiger partial charge in [0.2, 0.25) is 0 Å². The Morgan fingerprint density at radius 2 is 2.17 bits per heavy atom. The predicted octanol–water partition coefficient (Wildman–Crippen LogP) is 5.27. The third kappa shape index (κ3) is 2.78. The molecule has 0 spiro atoms. The number of benzene rings is 1. The number of fused-ring (bicyclic) bond motifs is 3. The molecule has 7 heteroatoms. The summed E-state index contributed by atoms with van der Waals surface area (Å²) in [7, 11) is 2.12. The predicted molar refractivity (Wildman–Crippen MR) is 114 cm³/mol. The topological polar surface area (TPSA) is 51.4 Å². The molecule has 4 aromatic rings. The zero-order valence-electron chi connectivity index (χ0n) is 15.8. The Morgan fingerprint density at radius 3 is 3.10 bits per heavy atom. The normalized spacial score (nSPS) is 18.6. The number of rotatable bonds is 2. The van der Waals surface area contributed by atoms with Crippen molar-refractivity contribution in [3.05, 3.63) is 63.4 Å². The second-order valence-corrected chi connectivity index (χ2v) is 9.06. The minimum atomic E-state index is -0.175. The SMILES string of the molecule is CN1CCc2noc(C3Cc4cc(Cl)cc(-c5ccnc6ccsc56)c4O3)c2C1. The molecular weight excluding hydrogens is 406 g/mol. The average molecular weight is 424 g/mol. The highest BCUT2D eigenvalue weighted by atomic mass is 35.5. The molecule has 2 aliphatic heterocycles. The van der Waals surface area contributed by atoms with Gasteiger partial charge in [-0.1, -0.05) is 16.8 Å². The molecule has 5 heterocycles. The van der Waals surface area contributed by atoms with Crippen LogP contribution in [0.5, 0.6) is 5.75 Å².